The third-order valence-corrected chi connectivity index (χ3v) is 3.23. The molecule has 0 spiro atoms. The standard InChI is InChI=1S/C12H25N3O2/c1-3-14-11-6-10(7-12(16)17-2)8-15(9-11)5-4-13/h10-11,14H,3-9,13H2,1-2H3. The summed E-state index contributed by atoms with van der Waals surface area (Å²) in [6, 6.07) is 0.468. The average molecular weight is 243 g/mol. The zero-order valence-electron chi connectivity index (χ0n) is 10.9. The molecule has 0 amide bonds. The molecule has 1 aliphatic rings. The molecule has 2 unspecified atom stereocenters. The second-order valence-corrected chi connectivity index (χ2v) is 4.68. The number of hydrogen-bond donors (Lipinski definition) is 2. The topological polar surface area (TPSA) is 67.6 Å². The van der Waals surface area contributed by atoms with Gasteiger partial charge in [0.1, 0.15) is 0 Å². The number of nitrogens with zero attached hydrogens (tertiary/aromatic N) is 1. The fourth-order valence-electron chi connectivity index (χ4n) is 2.57. The average Bonchev–Trinajstić information content (AvgIpc) is 2.29. The molecule has 1 fully saturated rings. The normalized spacial score (nSPS) is 25.8. The van der Waals surface area contributed by atoms with Gasteiger partial charge < -0.3 is 20.7 Å². The van der Waals surface area contributed by atoms with E-state index in [1.807, 2.05) is 0 Å². The Labute approximate surface area is 104 Å². The van der Waals surface area contributed by atoms with Crippen molar-refractivity contribution < 1.29 is 9.53 Å². The number of nitrogens with one attached hydrogen (secondary N) is 1. The van der Waals surface area contributed by atoms with Crippen LogP contribution in [0.1, 0.15) is 19.8 Å². The van der Waals surface area contributed by atoms with Gasteiger partial charge in [0.2, 0.25) is 0 Å². The van der Waals surface area contributed by atoms with E-state index in [0.29, 0.717) is 24.9 Å². The van der Waals surface area contributed by atoms with E-state index in [2.05, 4.69) is 17.1 Å². The molecule has 1 heterocycles. The molecule has 0 radical (unpaired) electrons. The Morgan fingerprint density at radius 1 is 1.53 bits per heavy atom. The molecule has 0 aliphatic carbocycles. The summed E-state index contributed by atoms with van der Waals surface area (Å²) in [6.07, 6.45) is 1.56. The van der Waals surface area contributed by atoms with E-state index >= 15 is 0 Å². The number of nitrogens with two attached hydrogens (primary N) is 1. The van der Waals surface area contributed by atoms with Crippen LogP contribution in [0.25, 0.3) is 0 Å². The van der Waals surface area contributed by atoms with Crippen LogP contribution in [0, 0.1) is 5.92 Å². The van der Waals surface area contributed by atoms with E-state index in [-0.39, 0.29) is 5.97 Å². The third kappa shape index (κ3) is 5.02. The van der Waals surface area contributed by atoms with E-state index in [1.165, 1.54) is 7.11 Å². The van der Waals surface area contributed by atoms with Crippen molar-refractivity contribution in [3.8, 4) is 0 Å². The van der Waals surface area contributed by atoms with Crippen molar-refractivity contribution in [2.75, 3.05) is 39.8 Å². The maximum absolute atomic E-state index is 11.3. The van der Waals surface area contributed by atoms with Gasteiger partial charge in [0.25, 0.3) is 0 Å². The molecular formula is C12H25N3O2. The highest BCUT2D eigenvalue weighted by Crippen LogP contribution is 2.20. The summed E-state index contributed by atoms with van der Waals surface area (Å²) in [4.78, 5) is 13.7. The first-order chi connectivity index (χ1) is 8.19. The van der Waals surface area contributed by atoms with E-state index in [0.717, 1.165) is 32.6 Å². The van der Waals surface area contributed by atoms with Crippen molar-refractivity contribution in [2.24, 2.45) is 11.7 Å². The van der Waals surface area contributed by atoms with Gasteiger partial charge in [-0.05, 0) is 18.9 Å². The molecular weight excluding hydrogens is 218 g/mol. The monoisotopic (exact) mass is 243 g/mol. The van der Waals surface area contributed by atoms with E-state index in [9.17, 15) is 4.79 Å². The Balaban J connectivity index is 2.48. The Bertz CT molecular complexity index is 222. The molecule has 5 nitrogen and oxygen atoms in total. The van der Waals surface area contributed by atoms with Gasteiger partial charge in [0.15, 0.2) is 0 Å². The van der Waals surface area contributed by atoms with Crippen LogP contribution in [-0.4, -0.2) is 56.7 Å². The third-order valence-electron chi connectivity index (χ3n) is 3.23. The highest BCUT2D eigenvalue weighted by molar-refractivity contribution is 5.69. The van der Waals surface area contributed by atoms with Crippen LogP contribution in [0.15, 0.2) is 0 Å². The lowest BCUT2D eigenvalue weighted by molar-refractivity contribution is -0.142. The molecule has 1 aliphatic heterocycles. The lowest BCUT2D eigenvalue weighted by Gasteiger charge is -2.37. The summed E-state index contributed by atoms with van der Waals surface area (Å²) < 4.78 is 4.74. The fourth-order valence-corrected chi connectivity index (χ4v) is 2.57. The largest absolute Gasteiger partial charge is 0.469 e. The number of carbonyl (C=O) groups is 1. The number of rotatable bonds is 6. The molecule has 1 rings (SSSR count). The van der Waals surface area contributed by atoms with Crippen LogP contribution in [0.5, 0.6) is 0 Å². The summed E-state index contributed by atoms with van der Waals surface area (Å²) in [5.41, 5.74) is 5.60. The van der Waals surface area contributed by atoms with Crippen molar-refractivity contribution in [2.45, 2.75) is 25.8 Å². The SMILES string of the molecule is CCNC1CC(CC(=O)OC)CN(CCN)C1. The van der Waals surface area contributed by atoms with Gasteiger partial charge in [-0.3, -0.25) is 4.79 Å². The molecule has 0 saturated carbocycles. The van der Waals surface area contributed by atoms with Gasteiger partial charge >= 0.3 is 5.97 Å². The minimum Gasteiger partial charge on any atom is -0.469 e. The second-order valence-electron chi connectivity index (χ2n) is 4.68. The van der Waals surface area contributed by atoms with Gasteiger partial charge in [-0.15, -0.1) is 0 Å². The number of hydrogen-bond acceptors (Lipinski definition) is 5. The first-order valence-electron chi connectivity index (χ1n) is 6.42. The summed E-state index contributed by atoms with van der Waals surface area (Å²) in [5.74, 6) is 0.270. The Morgan fingerprint density at radius 3 is 2.88 bits per heavy atom. The number of piperidine rings is 1. The predicted octanol–water partition coefficient (Wildman–Crippen LogP) is -0.192. The molecule has 100 valence electrons. The summed E-state index contributed by atoms with van der Waals surface area (Å²) in [5, 5.41) is 3.46. The second kappa shape index (κ2) is 7.63. The van der Waals surface area contributed by atoms with E-state index in [1.54, 1.807) is 0 Å². The van der Waals surface area contributed by atoms with Crippen LogP contribution in [-0.2, 0) is 9.53 Å². The van der Waals surface area contributed by atoms with Crippen LogP contribution >= 0.6 is 0 Å². The highest BCUT2D eigenvalue weighted by atomic mass is 16.5. The quantitative estimate of drug-likeness (QED) is 0.633. The van der Waals surface area contributed by atoms with Crippen molar-refractivity contribution in [1.29, 1.82) is 0 Å². The minimum absolute atomic E-state index is 0.111. The number of carbonyl (C=O) groups excluding carboxylic acids is 1. The maximum Gasteiger partial charge on any atom is 0.305 e. The fraction of sp³-hybridized carbons (Fsp3) is 0.917. The van der Waals surface area contributed by atoms with E-state index in [4.69, 9.17) is 10.5 Å². The number of esters is 1. The van der Waals surface area contributed by atoms with Crippen LogP contribution < -0.4 is 11.1 Å². The lowest BCUT2D eigenvalue weighted by Crippen LogP contribution is -2.50. The predicted molar refractivity (Wildman–Crippen MR) is 67.7 cm³/mol. The van der Waals surface area contributed by atoms with Gasteiger partial charge in [0.05, 0.1) is 7.11 Å². The van der Waals surface area contributed by atoms with Crippen LogP contribution in [0.4, 0.5) is 0 Å². The van der Waals surface area contributed by atoms with Gasteiger partial charge in [-0.25, -0.2) is 0 Å². The molecule has 5 heteroatoms. The molecule has 3 N–H and O–H groups in total. The zero-order chi connectivity index (χ0) is 12.7. The number of likely N-dealkylation sites (tertiary alicyclic amines) is 1. The number of methoxy groups -OCH3 is 1. The summed E-state index contributed by atoms with van der Waals surface area (Å²) >= 11 is 0. The Hall–Kier alpha value is -0.650. The van der Waals surface area contributed by atoms with E-state index < -0.39 is 0 Å². The minimum atomic E-state index is -0.111. The molecule has 1 saturated heterocycles. The lowest BCUT2D eigenvalue weighted by atomic mass is 9.91. The molecule has 0 bridgehead atoms. The summed E-state index contributed by atoms with van der Waals surface area (Å²) in [6.45, 7) is 6.63. The Kier molecular flexibility index (Phi) is 6.47. The number of ether oxygens (including phenoxy) is 1. The zero-order valence-corrected chi connectivity index (χ0v) is 10.9. The van der Waals surface area contributed by atoms with Crippen molar-refractivity contribution in [3.05, 3.63) is 0 Å². The smallest absolute Gasteiger partial charge is 0.305 e. The molecule has 0 aromatic rings. The van der Waals surface area contributed by atoms with Crippen molar-refractivity contribution in [3.63, 3.8) is 0 Å². The molecule has 0 aromatic carbocycles. The first-order valence-corrected chi connectivity index (χ1v) is 6.42. The highest BCUT2D eigenvalue weighted by Gasteiger charge is 2.27. The van der Waals surface area contributed by atoms with Gasteiger partial charge in [0, 0.05) is 38.6 Å². The first kappa shape index (κ1) is 14.4. The molecule has 2 atom stereocenters. The Morgan fingerprint density at radius 2 is 2.29 bits per heavy atom. The number of likely N-dealkylation sites (N-methyl/N-ethyl adjacent to an activating group) is 1. The van der Waals surface area contributed by atoms with Crippen molar-refractivity contribution in [1.82, 2.24) is 10.2 Å². The van der Waals surface area contributed by atoms with Gasteiger partial charge in [-0.1, -0.05) is 6.92 Å². The molecule has 17 heavy (non-hydrogen) atoms. The maximum atomic E-state index is 11.3. The van der Waals surface area contributed by atoms with Gasteiger partial charge in [-0.2, -0.15) is 0 Å². The summed E-state index contributed by atoms with van der Waals surface area (Å²) in [7, 11) is 1.45. The van der Waals surface area contributed by atoms with Crippen molar-refractivity contribution >= 4 is 5.97 Å². The van der Waals surface area contributed by atoms with Crippen LogP contribution in [0.3, 0.4) is 0 Å². The molecule has 0 aromatic heterocycles. The van der Waals surface area contributed by atoms with Crippen LogP contribution in [0.2, 0.25) is 0 Å².